The van der Waals surface area contributed by atoms with Gasteiger partial charge in [-0.05, 0) is 61.7 Å². The van der Waals surface area contributed by atoms with Crippen molar-refractivity contribution in [2.75, 3.05) is 41.7 Å². The van der Waals surface area contributed by atoms with Gasteiger partial charge in [0.25, 0.3) is 5.91 Å². The van der Waals surface area contributed by atoms with Crippen molar-refractivity contribution in [3.8, 4) is 6.07 Å². The van der Waals surface area contributed by atoms with Gasteiger partial charge in [-0.15, -0.1) is 0 Å². The maximum Gasteiger partial charge on any atom is 0.255 e. The Morgan fingerprint density at radius 1 is 1.00 bits per heavy atom. The van der Waals surface area contributed by atoms with Crippen molar-refractivity contribution in [2.45, 2.75) is 44.4 Å². The number of hydrogen-bond acceptors (Lipinski definition) is 6. The van der Waals surface area contributed by atoms with Crippen LogP contribution in [0.2, 0.25) is 0 Å². The minimum absolute atomic E-state index is 0.132. The summed E-state index contributed by atoms with van der Waals surface area (Å²) in [4.78, 5) is 27.0. The molecular formula is C25H31N5O4S. The molecule has 2 aromatic rings. The number of carbonyl (C=O) groups is 2. The lowest BCUT2D eigenvalue weighted by Crippen LogP contribution is -2.32. The van der Waals surface area contributed by atoms with E-state index < -0.39 is 21.8 Å². The molecule has 0 radical (unpaired) electrons. The third kappa shape index (κ3) is 6.38. The number of piperidine rings is 1. The molecule has 2 amide bonds. The molecule has 0 spiro atoms. The fourth-order valence-electron chi connectivity index (χ4n) is 4.08. The molecule has 9 nitrogen and oxygen atoms in total. The summed E-state index contributed by atoms with van der Waals surface area (Å²) in [5.74, 6) is -0.822. The third-order valence-corrected chi connectivity index (χ3v) is 7.97. The molecule has 10 heteroatoms. The first-order valence-corrected chi connectivity index (χ1v) is 13.2. The maximum atomic E-state index is 13.1. The van der Waals surface area contributed by atoms with Crippen molar-refractivity contribution in [2.24, 2.45) is 0 Å². The molecule has 1 aliphatic heterocycles. The fraction of sp³-hybridized carbons (Fsp3) is 0.400. The Kier molecular flexibility index (Phi) is 8.84. The number of nitrogens with one attached hydrogen (secondary N) is 2. The van der Waals surface area contributed by atoms with Gasteiger partial charge in [0.05, 0.1) is 22.3 Å². The highest BCUT2D eigenvalue weighted by molar-refractivity contribution is 7.89. The summed E-state index contributed by atoms with van der Waals surface area (Å²) in [5, 5.41) is 14.1. The van der Waals surface area contributed by atoms with Crippen molar-refractivity contribution < 1.29 is 18.0 Å². The lowest BCUT2D eigenvalue weighted by molar-refractivity contribution is -0.115. The number of anilines is 3. The van der Waals surface area contributed by atoms with Crippen LogP contribution in [-0.2, 0) is 14.8 Å². The number of nitrogens with zero attached hydrogens (tertiary/aromatic N) is 3. The molecule has 0 aromatic heterocycles. The highest BCUT2D eigenvalue weighted by Crippen LogP contribution is 2.32. The minimum atomic E-state index is -3.69. The van der Waals surface area contributed by atoms with Crippen LogP contribution in [0.1, 0.15) is 49.9 Å². The summed E-state index contributed by atoms with van der Waals surface area (Å²) < 4.78 is 27.6. The highest BCUT2D eigenvalue weighted by Gasteiger charge is 2.25. The normalized spacial score (nSPS) is 13.8. The van der Waals surface area contributed by atoms with E-state index in [9.17, 15) is 18.0 Å². The zero-order chi connectivity index (χ0) is 25.4. The Morgan fingerprint density at radius 2 is 1.66 bits per heavy atom. The van der Waals surface area contributed by atoms with E-state index >= 15 is 0 Å². The topological polar surface area (TPSA) is 123 Å². The maximum absolute atomic E-state index is 13.1. The van der Waals surface area contributed by atoms with Crippen LogP contribution in [0.5, 0.6) is 0 Å². The summed E-state index contributed by atoms with van der Waals surface area (Å²) in [6, 6.07) is 13.0. The van der Waals surface area contributed by atoms with Gasteiger partial charge in [-0.2, -0.15) is 9.57 Å². The second kappa shape index (κ2) is 11.8. The molecule has 0 aliphatic carbocycles. The van der Waals surface area contributed by atoms with E-state index in [0.29, 0.717) is 30.0 Å². The van der Waals surface area contributed by atoms with Gasteiger partial charge in [-0.3, -0.25) is 9.59 Å². The number of carbonyl (C=O) groups excluding carboxylic acids is 2. The van der Waals surface area contributed by atoms with Crippen LogP contribution in [0.15, 0.2) is 47.4 Å². The van der Waals surface area contributed by atoms with E-state index in [4.69, 9.17) is 5.26 Å². The van der Waals surface area contributed by atoms with Crippen molar-refractivity contribution in [3.63, 3.8) is 0 Å². The Hall–Kier alpha value is -3.42. The van der Waals surface area contributed by atoms with E-state index in [1.54, 1.807) is 56.3 Å². The molecule has 0 saturated carbocycles. The molecule has 186 valence electrons. The number of hydrogen-bond donors (Lipinski definition) is 2. The summed E-state index contributed by atoms with van der Waals surface area (Å²) in [6.45, 7) is 5.96. The lowest BCUT2D eigenvalue weighted by atomic mass is 10.1. The van der Waals surface area contributed by atoms with Crippen molar-refractivity contribution in [1.29, 1.82) is 5.26 Å². The average molecular weight is 498 g/mol. The van der Waals surface area contributed by atoms with Crippen LogP contribution in [0.3, 0.4) is 0 Å². The van der Waals surface area contributed by atoms with Crippen LogP contribution in [-0.4, -0.2) is 50.7 Å². The van der Waals surface area contributed by atoms with Crippen molar-refractivity contribution in [1.82, 2.24) is 4.31 Å². The van der Waals surface area contributed by atoms with Crippen LogP contribution in [0.4, 0.5) is 17.1 Å². The van der Waals surface area contributed by atoms with Crippen LogP contribution in [0, 0.1) is 11.3 Å². The minimum Gasteiger partial charge on any atom is -0.370 e. The first-order valence-electron chi connectivity index (χ1n) is 11.8. The number of amides is 2. The van der Waals surface area contributed by atoms with Gasteiger partial charge in [0.2, 0.25) is 15.9 Å². The quantitative estimate of drug-likeness (QED) is 0.543. The molecular weight excluding hydrogens is 466 g/mol. The molecule has 0 atom stereocenters. The molecule has 0 unspecified atom stereocenters. The summed E-state index contributed by atoms with van der Waals surface area (Å²) in [7, 11) is -3.69. The zero-order valence-corrected chi connectivity index (χ0v) is 20.9. The van der Waals surface area contributed by atoms with Gasteiger partial charge in [0, 0.05) is 37.4 Å². The van der Waals surface area contributed by atoms with Gasteiger partial charge < -0.3 is 15.5 Å². The van der Waals surface area contributed by atoms with Gasteiger partial charge >= 0.3 is 0 Å². The van der Waals surface area contributed by atoms with E-state index in [1.165, 1.54) is 10.4 Å². The van der Waals surface area contributed by atoms with Gasteiger partial charge in [-0.1, -0.05) is 13.8 Å². The van der Waals surface area contributed by atoms with Crippen LogP contribution >= 0.6 is 0 Å². The molecule has 0 bridgehead atoms. The molecule has 35 heavy (non-hydrogen) atoms. The zero-order valence-electron chi connectivity index (χ0n) is 20.1. The predicted octanol–water partition coefficient (Wildman–Crippen LogP) is 3.81. The Bertz CT molecular complexity index is 1200. The molecule has 1 heterocycles. The SMILES string of the molecule is CCN(CC)S(=O)(=O)c1ccc(N2CCCCC2)c(NC(=O)c2ccc(NC(=O)CC#N)cc2)c1. The number of benzene rings is 2. The first kappa shape index (κ1) is 26.2. The van der Waals surface area contributed by atoms with E-state index in [2.05, 4.69) is 15.5 Å². The Labute approximate surface area is 206 Å². The highest BCUT2D eigenvalue weighted by atomic mass is 32.2. The molecule has 2 aromatic carbocycles. The van der Waals surface area contributed by atoms with E-state index in [-0.39, 0.29) is 11.3 Å². The second-order valence-electron chi connectivity index (χ2n) is 8.23. The summed E-state index contributed by atoms with van der Waals surface area (Å²) >= 11 is 0. The Morgan fingerprint density at radius 3 is 2.26 bits per heavy atom. The average Bonchev–Trinajstić information content (AvgIpc) is 2.85. The molecule has 3 rings (SSSR count). The smallest absolute Gasteiger partial charge is 0.255 e. The van der Waals surface area contributed by atoms with Crippen molar-refractivity contribution >= 4 is 38.9 Å². The number of rotatable bonds is 9. The van der Waals surface area contributed by atoms with E-state index in [0.717, 1.165) is 38.0 Å². The van der Waals surface area contributed by atoms with Crippen LogP contribution in [0.25, 0.3) is 0 Å². The first-order chi connectivity index (χ1) is 16.8. The Balaban J connectivity index is 1.90. The molecule has 1 saturated heterocycles. The van der Waals surface area contributed by atoms with Gasteiger partial charge in [0.1, 0.15) is 6.42 Å². The third-order valence-electron chi connectivity index (χ3n) is 5.93. The predicted molar refractivity (Wildman–Crippen MR) is 136 cm³/mol. The van der Waals surface area contributed by atoms with E-state index in [1.807, 2.05) is 0 Å². The monoisotopic (exact) mass is 497 g/mol. The largest absolute Gasteiger partial charge is 0.370 e. The lowest BCUT2D eigenvalue weighted by Gasteiger charge is -2.31. The van der Waals surface area contributed by atoms with Crippen molar-refractivity contribution in [3.05, 3.63) is 48.0 Å². The number of nitriles is 1. The summed E-state index contributed by atoms with van der Waals surface area (Å²) in [5.41, 5.74) is 2.06. The summed E-state index contributed by atoms with van der Waals surface area (Å²) in [6.07, 6.45) is 2.95. The van der Waals surface area contributed by atoms with Crippen LogP contribution < -0.4 is 15.5 Å². The second-order valence-corrected chi connectivity index (χ2v) is 10.2. The molecule has 1 fully saturated rings. The molecule has 1 aliphatic rings. The standard InChI is InChI=1S/C25H31N5O4S/c1-3-30(4-2)35(33,34)21-12-13-23(29-16-6-5-7-17-29)22(18-21)28-25(32)19-8-10-20(11-9-19)27-24(31)14-15-26/h8-13,18H,3-7,14,16-17H2,1-2H3,(H,27,31)(H,28,32). The van der Waals surface area contributed by atoms with Gasteiger partial charge in [-0.25, -0.2) is 8.42 Å². The van der Waals surface area contributed by atoms with Gasteiger partial charge in [0.15, 0.2) is 0 Å². The molecule has 2 N–H and O–H groups in total. The number of sulfonamides is 1. The fourth-order valence-corrected chi connectivity index (χ4v) is 5.56.